The summed E-state index contributed by atoms with van der Waals surface area (Å²) in [6.45, 7) is 1.66. The number of aryl methyl sites for hydroxylation is 1. The van der Waals surface area contributed by atoms with Crippen LogP contribution in [0, 0.1) is 0 Å². The van der Waals surface area contributed by atoms with Crippen molar-refractivity contribution in [2.75, 3.05) is 20.1 Å². The zero-order valence-corrected chi connectivity index (χ0v) is 13.4. The Labute approximate surface area is 133 Å². The highest BCUT2D eigenvalue weighted by atomic mass is 32.1. The first-order valence-electron chi connectivity index (χ1n) is 7.58. The number of thiophene rings is 1. The number of likely N-dealkylation sites (tertiary alicyclic amines) is 1. The number of nitrogens with one attached hydrogen (secondary N) is 1. The smallest absolute Gasteiger partial charge is 0.227 e. The molecule has 1 aliphatic heterocycles. The van der Waals surface area contributed by atoms with E-state index in [0.29, 0.717) is 30.6 Å². The Morgan fingerprint density at radius 2 is 2.32 bits per heavy atom. The fourth-order valence-corrected chi connectivity index (χ4v) is 3.30. The summed E-state index contributed by atoms with van der Waals surface area (Å²) in [6, 6.07) is 4.44. The SMILES string of the molecule is CNC1CCN(C(=O)CCc2nc(-c3cccs3)no2)CC1. The van der Waals surface area contributed by atoms with Crippen LogP contribution in [-0.2, 0) is 11.2 Å². The van der Waals surface area contributed by atoms with Crippen molar-refractivity contribution in [2.45, 2.75) is 31.7 Å². The molecule has 0 aliphatic carbocycles. The maximum atomic E-state index is 12.2. The molecular weight excluding hydrogens is 300 g/mol. The molecule has 3 rings (SSSR count). The molecular formula is C15H20N4O2S. The third-order valence-corrected chi connectivity index (χ3v) is 4.88. The van der Waals surface area contributed by atoms with Crippen LogP contribution < -0.4 is 5.32 Å². The molecule has 7 heteroatoms. The molecule has 0 saturated carbocycles. The highest BCUT2D eigenvalue weighted by Gasteiger charge is 2.22. The second-order valence-corrected chi connectivity index (χ2v) is 6.38. The minimum Gasteiger partial charge on any atom is -0.343 e. The minimum absolute atomic E-state index is 0.172. The highest BCUT2D eigenvalue weighted by molar-refractivity contribution is 7.13. The molecule has 1 N–H and O–H groups in total. The van der Waals surface area contributed by atoms with E-state index in [1.54, 1.807) is 11.3 Å². The molecule has 22 heavy (non-hydrogen) atoms. The summed E-state index contributed by atoms with van der Waals surface area (Å²) in [4.78, 5) is 19.5. The van der Waals surface area contributed by atoms with Crippen LogP contribution in [0.3, 0.4) is 0 Å². The highest BCUT2D eigenvalue weighted by Crippen LogP contribution is 2.21. The molecule has 0 spiro atoms. The molecule has 0 aromatic carbocycles. The van der Waals surface area contributed by atoms with Crippen LogP contribution in [0.4, 0.5) is 0 Å². The first kappa shape index (κ1) is 15.2. The van der Waals surface area contributed by atoms with Crippen LogP contribution in [0.2, 0.25) is 0 Å². The van der Waals surface area contributed by atoms with E-state index >= 15 is 0 Å². The van der Waals surface area contributed by atoms with Gasteiger partial charge >= 0.3 is 0 Å². The van der Waals surface area contributed by atoms with Crippen molar-refractivity contribution < 1.29 is 9.32 Å². The van der Waals surface area contributed by atoms with Gasteiger partial charge in [0.25, 0.3) is 0 Å². The van der Waals surface area contributed by atoms with Crippen molar-refractivity contribution in [1.82, 2.24) is 20.4 Å². The van der Waals surface area contributed by atoms with Crippen LogP contribution in [0.25, 0.3) is 10.7 Å². The Balaban J connectivity index is 1.49. The van der Waals surface area contributed by atoms with Crippen molar-refractivity contribution in [3.63, 3.8) is 0 Å². The Hall–Kier alpha value is -1.73. The topological polar surface area (TPSA) is 71.3 Å². The van der Waals surface area contributed by atoms with E-state index in [2.05, 4.69) is 15.5 Å². The predicted molar refractivity (Wildman–Crippen MR) is 84.6 cm³/mol. The number of carbonyl (C=O) groups excluding carboxylic acids is 1. The minimum atomic E-state index is 0.172. The van der Waals surface area contributed by atoms with Crippen molar-refractivity contribution in [3.8, 4) is 10.7 Å². The van der Waals surface area contributed by atoms with Gasteiger partial charge < -0.3 is 14.7 Å². The van der Waals surface area contributed by atoms with Gasteiger partial charge in [0, 0.05) is 32.0 Å². The average Bonchev–Trinajstić information content (AvgIpc) is 3.23. The zero-order chi connectivity index (χ0) is 15.4. The zero-order valence-electron chi connectivity index (χ0n) is 12.6. The van der Waals surface area contributed by atoms with Gasteiger partial charge in [-0.25, -0.2) is 0 Å². The number of amides is 1. The number of piperidine rings is 1. The van der Waals surface area contributed by atoms with Crippen molar-refractivity contribution in [3.05, 3.63) is 23.4 Å². The molecule has 0 radical (unpaired) electrons. The number of carbonyl (C=O) groups is 1. The number of nitrogens with zero attached hydrogens (tertiary/aromatic N) is 3. The average molecular weight is 320 g/mol. The summed E-state index contributed by atoms with van der Waals surface area (Å²) < 4.78 is 5.23. The lowest BCUT2D eigenvalue weighted by atomic mass is 10.0. The molecule has 2 aromatic rings. The van der Waals surface area contributed by atoms with Crippen molar-refractivity contribution in [2.24, 2.45) is 0 Å². The maximum absolute atomic E-state index is 12.2. The first-order chi connectivity index (χ1) is 10.8. The summed E-state index contributed by atoms with van der Waals surface area (Å²) in [5.74, 6) is 1.31. The third-order valence-electron chi connectivity index (χ3n) is 4.02. The van der Waals surface area contributed by atoms with Gasteiger partial charge in [0.2, 0.25) is 17.6 Å². The van der Waals surface area contributed by atoms with E-state index in [4.69, 9.17) is 4.52 Å². The van der Waals surface area contributed by atoms with Crippen LogP contribution in [0.1, 0.15) is 25.2 Å². The molecule has 0 unspecified atom stereocenters. The van der Waals surface area contributed by atoms with Crippen molar-refractivity contribution >= 4 is 17.2 Å². The van der Waals surface area contributed by atoms with Crippen LogP contribution in [0.5, 0.6) is 0 Å². The molecule has 6 nitrogen and oxygen atoms in total. The standard InChI is InChI=1S/C15H20N4O2S/c1-16-11-6-8-19(9-7-11)14(20)5-4-13-17-15(18-21-13)12-3-2-10-22-12/h2-3,10-11,16H,4-9H2,1H3. The monoisotopic (exact) mass is 320 g/mol. The molecule has 1 amide bonds. The number of rotatable bonds is 5. The lowest BCUT2D eigenvalue weighted by molar-refractivity contribution is -0.132. The Morgan fingerprint density at radius 1 is 1.50 bits per heavy atom. The quantitative estimate of drug-likeness (QED) is 0.911. The van der Waals surface area contributed by atoms with Crippen LogP contribution in [0.15, 0.2) is 22.0 Å². The second kappa shape index (κ2) is 7.02. The number of hydrogen-bond donors (Lipinski definition) is 1. The van der Waals surface area contributed by atoms with Gasteiger partial charge in [-0.15, -0.1) is 11.3 Å². The Bertz CT molecular complexity index is 603. The van der Waals surface area contributed by atoms with E-state index in [0.717, 1.165) is 30.8 Å². The second-order valence-electron chi connectivity index (χ2n) is 5.43. The van der Waals surface area contributed by atoms with Gasteiger partial charge in [0.1, 0.15) is 0 Å². The van der Waals surface area contributed by atoms with Crippen molar-refractivity contribution in [1.29, 1.82) is 0 Å². The molecule has 0 bridgehead atoms. The molecule has 118 valence electrons. The lowest BCUT2D eigenvalue weighted by Gasteiger charge is -2.31. The Morgan fingerprint density at radius 3 is 3.00 bits per heavy atom. The largest absolute Gasteiger partial charge is 0.343 e. The normalized spacial score (nSPS) is 16.1. The summed E-state index contributed by atoms with van der Waals surface area (Å²) in [6.07, 6.45) is 2.97. The van der Waals surface area contributed by atoms with Gasteiger partial charge in [-0.05, 0) is 31.3 Å². The van der Waals surface area contributed by atoms with E-state index in [9.17, 15) is 4.79 Å². The molecule has 2 aromatic heterocycles. The fourth-order valence-electron chi connectivity index (χ4n) is 2.65. The molecule has 0 atom stereocenters. The number of hydrogen-bond acceptors (Lipinski definition) is 6. The van der Waals surface area contributed by atoms with Gasteiger partial charge in [-0.2, -0.15) is 4.98 Å². The van der Waals surface area contributed by atoms with Gasteiger partial charge in [0.05, 0.1) is 4.88 Å². The van der Waals surface area contributed by atoms with E-state index in [-0.39, 0.29) is 5.91 Å². The Kier molecular flexibility index (Phi) is 4.84. The van der Waals surface area contributed by atoms with Gasteiger partial charge in [-0.1, -0.05) is 11.2 Å². The van der Waals surface area contributed by atoms with E-state index < -0.39 is 0 Å². The molecule has 1 aliphatic rings. The third kappa shape index (κ3) is 3.53. The summed E-state index contributed by atoms with van der Waals surface area (Å²) >= 11 is 1.57. The first-order valence-corrected chi connectivity index (χ1v) is 8.45. The van der Waals surface area contributed by atoms with E-state index in [1.807, 2.05) is 29.5 Å². The lowest BCUT2D eigenvalue weighted by Crippen LogP contribution is -2.44. The summed E-state index contributed by atoms with van der Waals surface area (Å²) in [5.41, 5.74) is 0. The molecule has 1 fully saturated rings. The fraction of sp³-hybridized carbons (Fsp3) is 0.533. The summed E-state index contributed by atoms with van der Waals surface area (Å²) in [7, 11) is 1.98. The van der Waals surface area contributed by atoms with E-state index in [1.165, 1.54) is 0 Å². The molecule has 1 saturated heterocycles. The van der Waals surface area contributed by atoms with Crippen LogP contribution >= 0.6 is 11.3 Å². The summed E-state index contributed by atoms with van der Waals surface area (Å²) in [5, 5.41) is 9.20. The van der Waals surface area contributed by atoms with Gasteiger partial charge in [-0.3, -0.25) is 4.79 Å². The van der Waals surface area contributed by atoms with Crippen LogP contribution in [-0.4, -0.2) is 47.1 Å². The number of aromatic nitrogens is 2. The predicted octanol–water partition coefficient (Wildman–Crippen LogP) is 1.94. The molecule has 3 heterocycles. The van der Waals surface area contributed by atoms with Gasteiger partial charge in [0.15, 0.2) is 0 Å². The maximum Gasteiger partial charge on any atom is 0.227 e.